The zero-order valence-corrected chi connectivity index (χ0v) is 14.7. The van der Waals surface area contributed by atoms with Crippen LogP contribution in [-0.2, 0) is 0 Å². The normalized spacial score (nSPS) is 10.9. The average molecular weight is 376 g/mol. The molecule has 3 N–H and O–H groups in total. The Kier molecular flexibility index (Phi) is 4.59. The lowest BCUT2D eigenvalue weighted by molar-refractivity contribution is 0.0909. The molecule has 0 aliphatic heterocycles. The van der Waals surface area contributed by atoms with Crippen molar-refractivity contribution < 1.29 is 14.0 Å². The number of carbonyl (C=O) groups is 2. The number of furan rings is 1. The van der Waals surface area contributed by atoms with Gasteiger partial charge < -0.3 is 20.0 Å². The van der Waals surface area contributed by atoms with Crippen molar-refractivity contribution in [3.8, 4) is 0 Å². The van der Waals surface area contributed by atoms with Gasteiger partial charge in [-0.05, 0) is 24.3 Å². The molecule has 0 atom stereocenters. The Balaban J connectivity index is 1.34. The standard InChI is InChI=1S/C20H16N4O4/c25-18-13-6-2-3-7-14(13)23-17(24-18)20(27)22-10-9-21-19(26)16-11-12-5-1-4-8-15(12)28-16/h1-8,11H,9-10H2,(H,21,26)(H,22,27)(H,23,24,25). The number of benzene rings is 2. The molecule has 0 spiro atoms. The summed E-state index contributed by atoms with van der Waals surface area (Å²) >= 11 is 0. The van der Waals surface area contributed by atoms with E-state index in [0.717, 1.165) is 5.39 Å². The van der Waals surface area contributed by atoms with Gasteiger partial charge in [-0.2, -0.15) is 0 Å². The summed E-state index contributed by atoms with van der Waals surface area (Å²) in [6, 6.07) is 15.7. The smallest absolute Gasteiger partial charge is 0.287 e. The topological polar surface area (TPSA) is 117 Å². The van der Waals surface area contributed by atoms with Gasteiger partial charge in [0.15, 0.2) is 11.6 Å². The molecular weight excluding hydrogens is 360 g/mol. The third-order valence-corrected chi connectivity index (χ3v) is 4.17. The Bertz CT molecular complexity index is 1210. The first-order valence-electron chi connectivity index (χ1n) is 8.66. The number of amides is 2. The summed E-state index contributed by atoms with van der Waals surface area (Å²) in [5.74, 6) is -0.774. The molecule has 0 unspecified atom stereocenters. The number of hydrogen-bond donors (Lipinski definition) is 3. The summed E-state index contributed by atoms with van der Waals surface area (Å²) in [5, 5.41) is 6.53. The quantitative estimate of drug-likeness (QED) is 0.460. The fraction of sp³-hybridized carbons (Fsp3) is 0.100. The lowest BCUT2D eigenvalue weighted by Gasteiger charge is -2.06. The molecule has 2 heterocycles. The van der Waals surface area contributed by atoms with Crippen molar-refractivity contribution in [3.63, 3.8) is 0 Å². The van der Waals surface area contributed by atoms with Crippen LogP contribution < -0.4 is 16.2 Å². The predicted octanol–water partition coefficient (Wildman–Crippen LogP) is 1.83. The molecule has 0 bridgehead atoms. The summed E-state index contributed by atoms with van der Waals surface area (Å²) in [6.45, 7) is 0.362. The highest BCUT2D eigenvalue weighted by molar-refractivity contribution is 5.96. The number of nitrogens with one attached hydrogen (secondary N) is 3. The van der Waals surface area contributed by atoms with Gasteiger partial charge in [-0.25, -0.2) is 4.98 Å². The number of para-hydroxylation sites is 2. The Morgan fingerprint density at radius 1 is 0.964 bits per heavy atom. The van der Waals surface area contributed by atoms with Gasteiger partial charge >= 0.3 is 0 Å². The van der Waals surface area contributed by atoms with Crippen molar-refractivity contribution in [1.82, 2.24) is 20.6 Å². The van der Waals surface area contributed by atoms with E-state index in [1.807, 2.05) is 18.2 Å². The van der Waals surface area contributed by atoms with Gasteiger partial charge in [0.1, 0.15) is 5.58 Å². The molecule has 0 saturated heterocycles. The minimum Gasteiger partial charge on any atom is -0.451 e. The van der Waals surface area contributed by atoms with Gasteiger partial charge in [0.2, 0.25) is 0 Å². The van der Waals surface area contributed by atoms with Crippen LogP contribution in [0.25, 0.3) is 21.9 Å². The fourth-order valence-corrected chi connectivity index (χ4v) is 2.81. The van der Waals surface area contributed by atoms with Crippen LogP contribution in [0.2, 0.25) is 0 Å². The van der Waals surface area contributed by atoms with Crippen molar-refractivity contribution in [2.45, 2.75) is 0 Å². The number of H-pyrrole nitrogens is 1. The minimum atomic E-state index is -0.527. The Morgan fingerprint density at radius 3 is 2.50 bits per heavy atom. The highest BCUT2D eigenvalue weighted by atomic mass is 16.3. The second kappa shape index (κ2) is 7.36. The van der Waals surface area contributed by atoms with E-state index in [-0.39, 0.29) is 36.1 Å². The molecule has 0 saturated carbocycles. The van der Waals surface area contributed by atoms with Crippen molar-refractivity contribution in [2.75, 3.05) is 13.1 Å². The van der Waals surface area contributed by atoms with Crippen LogP contribution >= 0.6 is 0 Å². The zero-order chi connectivity index (χ0) is 19.5. The molecule has 8 heteroatoms. The predicted molar refractivity (Wildman–Crippen MR) is 103 cm³/mol. The number of fused-ring (bicyclic) bond motifs is 2. The maximum Gasteiger partial charge on any atom is 0.287 e. The molecule has 140 valence electrons. The number of hydrogen-bond acceptors (Lipinski definition) is 5. The van der Waals surface area contributed by atoms with E-state index in [4.69, 9.17) is 4.42 Å². The number of nitrogens with zero attached hydrogens (tertiary/aromatic N) is 1. The lowest BCUT2D eigenvalue weighted by atomic mass is 10.2. The maximum absolute atomic E-state index is 12.2. The molecule has 2 aromatic heterocycles. The minimum absolute atomic E-state index is 0.0766. The first kappa shape index (κ1) is 17.5. The van der Waals surface area contributed by atoms with Crippen LogP contribution in [0.15, 0.2) is 63.8 Å². The molecule has 0 aliphatic rings. The van der Waals surface area contributed by atoms with Crippen molar-refractivity contribution in [1.29, 1.82) is 0 Å². The Hall–Kier alpha value is -3.94. The number of rotatable bonds is 5. The van der Waals surface area contributed by atoms with Gasteiger partial charge in [0, 0.05) is 18.5 Å². The molecule has 0 aliphatic carbocycles. The summed E-state index contributed by atoms with van der Waals surface area (Å²) in [6.07, 6.45) is 0. The van der Waals surface area contributed by atoms with Crippen LogP contribution in [0.3, 0.4) is 0 Å². The van der Waals surface area contributed by atoms with E-state index in [9.17, 15) is 14.4 Å². The van der Waals surface area contributed by atoms with Crippen LogP contribution in [0.1, 0.15) is 21.2 Å². The van der Waals surface area contributed by atoms with Gasteiger partial charge in [-0.3, -0.25) is 14.4 Å². The van der Waals surface area contributed by atoms with E-state index in [0.29, 0.717) is 16.5 Å². The third kappa shape index (κ3) is 3.48. The summed E-state index contributed by atoms with van der Waals surface area (Å²) in [7, 11) is 0. The van der Waals surface area contributed by atoms with Crippen molar-refractivity contribution >= 4 is 33.7 Å². The summed E-state index contributed by atoms with van der Waals surface area (Å²) < 4.78 is 5.48. The van der Waals surface area contributed by atoms with E-state index in [2.05, 4.69) is 20.6 Å². The lowest BCUT2D eigenvalue weighted by Crippen LogP contribution is -2.35. The number of aromatic nitrogens is 2. The third-order valence-electron chi connectivity index (χ3n) is 4.17. The molecule has 2 aromatic carbocycles. The van der Waals surface area contributed by atoms with Crippen molar-refractivity contribution in [2.24, 2.45) is 0 Å². The van der Waals surface area contributed by atoms with Crippen LogP contribution in [0, 0.1) is 0 Å². The van der Waals surface area contributed by atoms with Crippen LogP contribution in [-0.4, -0.2) is 34.9 Å². The van der Waals surface area contributed by atoms with Gasteiger partial charge in [0.25, 0.3) is 17.4 Å². The molecule has 4 rings (SSSR count). The van der Waals surface area contributed by atoms with Gasteiger partial charge in [0.05, 0.1) is 10.9 Å². The average Bonchev–Trinajstić information content (AvgIpc) is 3.15. The Labute approximate surface area is 158 Å². The highest BCUT2D eigenvalue weighted by Gasteiger charge is 2.13. The van der Waals surface area contributed by atoms with E-state index >= 15 is 0 Å². The largest absolute Gasteiger partial charge is 0.451 e. The van der Waals surface area contributed by atoms with E-state index in [1.54, 1.807) is 36.4 Å². The van der Waals surface area contributed by atoms with E-state index in [1.165, 1.54) is 0 Å². The SMILES string of the molecule is O=C(NCCNC(=O)c1cc2ccccc2o1)c1nc2ccccc2c(=O)[nH]1. The highest BCUT2D eigenvalue weighted by Crippen LogP contribution is 2.18. The summed E-state index contributed by atoms with van der Waals surface area (Å²) in [4.78, 5) is 43.0. The molecule has 2 amide bonds. The van der Waals surface area contributed by atoms with Crippen LogP contribution in [0.5, 0.6) is 0 Å². The zero-order valence-electron chi connectivity index (χ0n) is 14.7. The summed E-state index contributed by atoms with van der Waals surface area (Å²) in [5.41, 5.74) is 0.691. The molecule has 0 radical (unpaired) electrons. The second-order valence-corrected chi connectivity index (χ2v) is 6.09. The van der Waals surface area contributed by atoms with Gasteiger partial charge in [-0.1, -0.05) is 30.3 Å². The molecule has 4 aromatic rings. The fourth-order valence-electron chi connectivity index (χ4n) is 2.81. The second-order valence-electron chi connectivity index (χ2n) is 6.09. The molecule has 0 fully saturated rings. The molecule has 8 nitrogen and oxygen atoms in total. The van der Waals surface area contributed by atoms with Gasteiger partial charge in [-0.15, -0.1) is 0 Å². The first-order chi connectivity index (χ1) is 13.6. The first-order valence-corrected chi connectivity index (χ1v) is 8.66. The number of carbonyl (C=O) groups excluding carboxylic acids is 2. The molecular formula is C20H16N4O4. The number of aromatic amines is 1. The maximum atomic E-state index is 12.2. The van der Waals surface area contributed by atoms with Crippen molar-refractivity contribution in [3.05, 3.63) is 76.5 Å². The van der Waals surface area contributed by atoms with Crippen LogP contribution in [0.4, 0.5) is 0 Å². The Morgan fingerprint density at radius 2 is 1.68 bits per heavy atom. The molecule has 28 heavy (non-hydrogen) atoms. The van der Waals surface area contributed by atoms with E-state index < -0.39 is 5.91 Å². The monoisotopic (exact) mass is 376 g/mol.